The average Bonchev–Trinajstić information content (AvgIpc) is 0.747. The van der Waals surface area contributed by atoms with E-state index in [4.69, 9.17) is 33.5 Å². The van der Waals surface area contributed by atoms with Crippen molar-refractivity contribution in [1.82, 2.24) is 30.2 Å². The van der Waals surface area contributed by atoms with Crippen LogP contribution in [0.5, 0.6) is 0 Å². The molecule has 114 heavy (non-hydrogen) atoms. The van der Waals surface area contributed by atoms with Crippen molar-refractivity contribution in [3.05, 3.63) is 116 Å². The molecule has 39 heteroatoms. The Morgan fingerprint density at radius 3 is 1.16 bits per heavy atom. The molecule has 0 unspecified atom stereocenters. The van der Waals surface area contributed by atoms with Crippen molar-refractivity contribution < 1.29 is 85.1 Å². The molecule has 0 radical (unpaired) electrons. The summed E-state index contributed by atoms with van der Waals surface area (Å²) in [5, 5.41) is 11.8. The molecular formula is C75H121Br6N9O19S5. The summed E-state index contributed by atoms with van der Waals surface area (Å²) in [4.78, 5) is 39.5. The molecule has 0 spiro atoms. The number of ether oxygens (including phenoxy) is 7. The molecule has 28 nitrogen and oxygen atoms in total. The van der Waals surface area contributed by atoms with Crippen LogP contribution in [-0.4, -0.2) is 246 Å². The summed E-state index contributed by atoms with van der Waals surface area (Å²) in [6.45, 7) is 18.3. The summed E-state index contributed by atoms with van der Waals surface area (Å²) in [5.41, 5.74) is 3.50. The Morgan fingerprint density at radius 2 is 0.816 bits per heavy atom. The van der Waals surface area contributed by atoms with Gasteiger partial charge in [0.15, 0.2) is 54.2 Å². The topological polar surface area (TPSA) is 359 Å². The zero-order valence-electron chi connectivity index (χ0n) is 62.8. The fourth-order valence-electron chi connectivity index (χ4n) is 12.9. The van der Waals surface area contributed by atoms with Gasteiger partial charge in [0.05, 0.1) is 108 Å². The smallest absolute Gasteiger partial charge is 0.306 e. The number of morpholine rings is 4. The number of carbonyl (C=O) groups excluding carboxylic acids is 1. The van der Waals surface area contributed by atoms with Crippen molar-refractivity contribution >= 4 is 168 Å². The van der Waals surface area contributed by atoms with Crippen LogP contribution in [0.15, 0.2) is 93.3 Å². The summed E-state index contributed by atoms with van der Waals surface area (Å²) in [6.07, 6.45) is 9.87. The third-order valence-electron chi connectivity index (χ3n) is 18.8. The standard InChI is InChI=1S/C21H32N2O8S2.C17H25BrN2O4S.C13H19BrN2O3S.C7H7Br2NO2S.C6H5Br2NO.C6H13NO.5CH4/c1-4-17-15-31-11-8-23(17)18-13-16(21(32(3,25)26)6-9-30-10-7-21)14-19(22-18)33(27,28)12-5-20(24)29-2;1-3-14-12-24-9-6-20(14)16-11-13(10-15(18)19-16)17(25(2,21)22)4-7-23-8-5-17;1-3-11-8-19-5-4-16(11)13-7-10(6-12(14)15-13)9-20(2,17)18;1-13(11,12)4-5-2-6(8)10-7(9)3-5;7-5-1-4(3-10)2-6(8)9-5;1-2-6-5-8-4-3-7-6;;;;;/h13-14,17H,4-12,15H2,1-3H3;10-11,14H,3-9,12H2,1-2H3;6-7,11H,3-5,8-9H2,1-2H3;2-3H,4H2,1H3;1-2,10H,3H2;6-7H,2-5H2,1H3;5*1H4/t17-;14-;11-;;;6-;;;;;/m000..0...../s1. The quantitative estimate of drug-likeness (QED) is 0.0540. The van der Waals surface area contributed by atoms with Crippen LogP contribution in [0.25, 0.3) is 0 Å². The Morgan fingerprint density at radius 1 is 0.465 bits per heavy atom. The van der Waals surface area contributed by atoms with Gasteiger partial charge < -0.3 is 58.3 Å². The van der Waals surface area contributed by atoms with Gasteiger partial charge in [-0.2, -0.15) is 0 Å². The number of rotatable bonds is 20. The normalized spacial score (nSPS) is 19.4. The predicted octanol–water partition coefficient (Wildman–Crippen LogP) is 13.4. The summed E-state index contributed by atoms with van der Waals surface area (Å²) in [7, 11) is -15.7. The molecule has 2 N–H and O–H groups in total. The lowest BCUT2D eigenvalue weighted by Crippen LogP contribution is -2.46. The molecule has 11 rings (SSSR count). The van der Waals surface area contributed by atoms with Gasteiger partial charge >= 0.3 is 5.97 Å². The number of methoxy groups -OCH3 is 1. The number of hydrogen-bond acceptors (Lipinski definition) is 28. The summed E-state index contributed by atoms with van der Waals surface area (Å²) >= 11 is 19.6. The Kier molecular flexibility index (Phi) is 48.7. The van der Waals surface area contributed by atoms with Crippen molar-refractivity contribution in [1.29, 1.82) is 0 Å². The van der Waals surface area contributed by atoms with Crippen molar-refractivity contribution in [2.24, 2.45) is 0 Å². The van der Waals surface area contributed by atoms with Crippen LogP contribution in [0.4, 0.5) is 17.5 Å². The number of aliphatic hydroxyl groups is 1. The molecule has 0 bridgehead atoms. The first-order valence-corrected chi connectivity index (χ1v) is 49.8. The van der Waals surface area contributed by atoms with Gasteiger partial charge in [-0.25, -0.2) is 67.0 Å². The van der Waals surface area contributed by atoms with E-state index in [1.165, 1.54) is 44.6 Å². The number of aliphatic hydroxyl groups excluding tert-OH is 1. The number of carbonyl (C=O) groups is 1. The number of nitrogens with zero attached hydrogens (tertiary/aromatic N) is 8. The molecule has 6 fully saturated rings. The number of nitrogens with one attached hydrogen (secondary N) is 1. The maximum Gasteiger partial charge on any atom is 0.306 e. The van der Waals surface area contributed by atoms with Crippen LogP contribution < -0.4 is 20.0 Å². The van der Waals surface area contributed by atoms with Crippen LogP contribution in [0.2, 0.25) is 0 Å². The van der Waals surface area contributed by atoms with Crippen LogP contribution in [0.3, 0.4) is 0 Å². The Labute approximate surface area is 730 Å². The van der Waals surface area contributed by atoms with E-state index in [-0.39, 0.29) is 111 Å². The monoisotopic (exact) mass is 2090 g/mol. The minimum atomic E-state index is -3.98. The second kappa shape index (κ2) is 51.0. The number of sulfone groups is 5. The van der Waals surface area contributed by atoms with Crippen LogP contribution >= 0.6 is 95.6 Å². The zero-order valence-corrected chi connectivity index (χ0v) is 76.4. The maximum atomic E-state index is 13.1. The minimum Gasteiger partial charge on any atom is -0.469 e. The van der Waals surface area contributed by atoms with E-state index in [0.717, 1.165) is 95.2 Å². The molecule has 0 saturated carbocycles. The van der Waals surface area contributed by atoms with Gasteiger partial charge in [0.2, 0.25) is 0 Å². The Bertz CT molecular complexity index is 4340. The van der Waals surface area contributed by atoms with E-state index < -0.39 is 70.4 Å². The highest BCUT2D eigenvalue weighted by molar-refractivity contribution is 9.11. The molecule has 5 aromatic rings. The summed E-state index contributed by atoms with van der Waals surface area (Å²) in [6, 6.07) is 18.5. The van der Waals surface area contributed by atoms with Gasteiger partial charge in [-0.05, 0) is 235 Å². The van der Waals surface area contributed by atoms with E-state index in [1.807, 2.05) is 30.0 Å². The lowest BCUT2D eigenvalue weighted by molar-refractivity contribution is -0.140. The van der Waals surface area contributed by atoms with Crippen molar-refractivity contribution in [3.63, 3.8) is 0 Å². The summed E-state index contributed by atoms with van der Waals surface area (Å²) < 4.78 is 162. The minimum absolute atomic E-state index is 0. The highest BCUT2D eigenvalue weighted by Crippen LogP contribution is 2.44. The van der Waals surface area contributed by atoms with Gasteiger partial charge in [-0.1, -0.05) is 64.8 Å². The molecule has 0 amide bonds. The largest absolute Gasteiger partial charge is 0.469 e. The number of anilines is 3. The van der Waals surface area contributed by atoms with Gasteiger partial charge in [0.25, 0.3) is 0 Å². The molecule has 6 saturated heterocycles. The highest BCUT2D eigenvalue weighted by atomic mass is 79.9. The van der Waals surface area contributed by atoms with Gasteiger partial charge in [0, 0.05) is 83.7 Å². The first-order valence-electron chi connectivity index (χ1n) is 35.5. The molecule has 0 aliphatic carbocycles. The first kappa shape index (κ1) is 109. The van der Waals surface area contributed by atoms with Crippen LogP contribution in [0.1, 0.15) is 150 Å². The fourth-order valence-corrected chi connectivity index (χ4v) is 21.8. The highest BCUT2D eigenvalue weighted by Gasteiger charge is 2.47. The van der Waals surface area contributed by atoms with Gasteiger partial charge in [0.1, 0.15) is 54.6 Å². The number of aromatic nitrogens is 5. The maximum absolute atomic E-state index is 13.1. The molecule has 0 aromatic carbocycles. The number of pyridine rings is 5. The van der Waals surface area contributed by atoms with Crippen molar-refractivity contribution in [2.75, 3.05) is 158 Å². The molecule has 652 valence electrons. The van der Waals surface area contributed by atoms with E-state index in [9.17, 15) is 46.9 Å². The SMILES string of the molecule is C.C.C.C.C.CC[C@H]1COCCN1.CC[C@H]1COCCN1c1cc(C2(S(C)(=O)=O)CCOCC2)cc(Br)n1.CC[C@H]1COCCN1c1cc(C2(S(C)(=O)=O)CCOCC2)cc(S(=O)(=O)CCC(=O)OC)n1.CC[C@H]1COCCN1c1cc(CS(C)(=O)=O)cc(Br)n1.CS(=O)(=O)Cc1cc(Br)nc(Br)c1.OCc1cc(Br)nc(Br)c1. The van der Waals surface area contributed by atoms with E-state index in [1.54, 1.807) is 36.4 Å². The molecule has 6 aliphatic heterocycles. The lowest BCUT2D eigenvalue weighted by Gasteiger charge is -2.39. The molecular weight excluding hydrogens is 1970 g/mol. The lowest BCUT2D eigenvalue weighted by atomic mass is 9.91. The average molecular weight is 2090 g/mol. The third-order valence-corrected chi connectivity index (χ3v) is 28.6. The molecule has 4 atom stereocenters. The van der Waals surface area contributed by atoms with Crippen LogP contribution in [0, 0.1) is 0 Å². The number of halogens is 6. The fraction of sp³-hybridized carbons (Fsp3) is 0.653. The van der Waals surface area contributed by atoms with E-state index in [0.29, 0.717) is 108 Å². The van der Waals surface area contributed by atoms with Crippen molar-refractivity contribution in [3.8, 4) is 0 Å². The Hall–Kier alpha value is -3.07. The van der Waals surface area contributed by atoms with Gasteiger partial charge in [-0.3, -0.25) is 4.79 Å². The third kappa shape index (κ3) is 33.7. The van der Waals surface area contributed by atoms with E-state index >= 15 is 0 Å². The second-order valence-corrected chi connectivity index (χ2v) is 42.7. The summed E-state index contributed by atoms with van der Waals surface area (Å²) in [5.74, 6) is 0.960. The number of hydrogen-bond donors (Lipinski definition) is 2. The van der Waals surface area contributed by atoms with E-state index in [2.05, 4.69) is 161 Å². The van der Waals surface area contributed by atoms with Gasteiger partial charge in [-0.15, -0.1) is 0 Å². The van der Waals surface area contributed by atoms with Crippen LogP contribution in [-0.2, 0) is 115 Å². The van der Waals surface area contributed by atoms with Crippen molar-refractivity contribution in [2.45, 2.75) is 179 Å². The molecule has 11 heterocycles. The second-order valence-electron chi connectivity index (χ2n) is 26.8. The zero-order chi connectivity index (χ0) is 80.5. The molecule has 6 aliphatic rings. The number of esters is 1. The predicted molar refractivity (Wildman–Crippen MR) is 476 cm³/mol. The first-order chi connectivity index (χ1) is 51.3. The Balaban J connectivity index is 0.000000718. The molecule has 5 aromatic heterocycles.